The molecule has 0 atom stereocenters. The van der Waals surface area contributed by atoms with Crippen molar-refractivity contribution in [2.75, 3.05) is 0 Å². The van der Waals surface area contributed by atoms with E-state index in [1.807, 2.05) is 0 Å². The number of hydrogen-bond acceptors (Lipinski definition) is 4. The van der Waals surface area contributed by atoms with Crippen LogP contribution in [0.3, 0.4) is 0 Å². The Morgan fingerprint density at radius 3 is 2.57 bits per heavy atom. The second-order valence-electron chi connectivity index (χ2n) is 6.18. The fraction of sp³-hybridized carbons (Fsp3) is 0.0500. The van der Waals surface area contributed by atoms with Gasteiger partial charge in [-0.3, -0.25) is 0 Å². The second kappa shape index (κ2) is 6.94. The molecule has 0 radical (unpaired) electrons. The summed E-state index contributed by atoms with van der Waals surface area (Å²) < 4.78 is 33.4. The summed E-state index contributed by atoms with van der Waals surface area (Å²) in [4.78, 5) is 11.6. The van der Waals surface area contributed by atoms with E-state index in [-0.39, 0.29) is 17.0 Å². The first-order valence-electron chi connectivity index (χ1n) is 8.27. The van der Waals surface area contributed by atoms with Gasteiger partial charge in [0.05, 0.1) is 23.3 Å². The largest absolute Gasteiger partial charge is 0.478 e. The lowest BCUT2D eigenvalue weighted by Crippen LogP contribution is -2.23. The van der Waals surface area contributed by atoms with Crippen LogP contribution in [0.2, 0.25) is 5.02 Å². The summed E-state index contributed by atoms with van der Waals surface area (Å²) in [6.07, 6.45) is 1.47. The molecule has 0 aliphatic heterocycles. The van der Waals surface area contributed by atoms with Gasteiger partial charge in [-0.2, -0.15) is 0 Å². The Kier molecular flexibility index (Phi) is 4.58. The fourth-order valence-electron chi connectivity index (χ4n) is 3.13. The molecule has 142 valence electrons. The molecule has 4 rings (SSSR count). The minimum atomic E-state index is -3.84. The molecule has 2 N–H and O–H groups in total. The van der Waals surface area contributed by atoms with E-state index < -0.39 is 16.0 Å². The van der Waals surface area contributed by atoms with Crippen LogP contribution in [0.15, 0.2) is 70.2 Å². The van der Waals surface area contributed by atoms with Gasteiger partial charge in [0.2, 0.25) is 10.0 Å². The summed E-state index contributed by atoms with van der Waals surface area (Å²) in [7, 11) is -3.84. The molecule has 0 bridgehead atoms. The Bertz CT molecular complexity index is 1310. The zero-order valence-electron chi connectivity index (χ0n) is 14.3. The van der Waals surface area contributed by atoms with Gasteiger partial charge < -0.3 is 9.52 Å². The number of benzene rings is 3. The molecule has 0 spiro atoms. The lowest BCUT2D eigenvalue weighted by molar-refractivity contribution is 0.0699. The van der Waals surface area contributed by atoms with E-state index in [4.69, 9.17) is 16.0 Å². The molecule has 8 heteroatoms. The van der Waals surface area contributed by atoms with E-state index in [0.29, 0.717) is 32.3 Å². The maximum Gasteiger partial charge on any atom is 0.336 e. The van der Waals surface area contributed by atoms with Crippen LogP contribution < -0.4 is 4.72 Å². The normalized spacial score (nSPS) is 11.9. The topological polar surface area (TPSA) is 96.6 Å². The van der Waals surface area contributed by atoms with Crippen LogP contribution in [0.4, 0.5) is 0 Å². The molecule has 0 aliphatic carbocycles. The molecule has 28 heavy (non-hydrogen) atoms. The molecule has 0 aliphatic rings. The van der Waals surface area contributed by atoms with E-state index in [9.17, 15) is 18.3 Å². The molecule has 1 heterocycles. The van der Waals surface area contributed by atoms with Crippen molar-refractivity contribution in [2.24, 2.45) is 0 Å². The first-order chi connectivity index (χ1) is 13.4. The van der Waals surface area contributed by atoms with Gasteiger partial charge in [0, 0.05) is 15.8 Å². The Morgan fingerprint density at radius 1 is 1.04 bits per heavy atom. The number of halogens is 1. The van der Waals surface area contributed by atoms with Crippen molar-refractivity contribution in [2.45, 2.75) is 11.4 Å². The molecule has 0 unspecified atom stereocenters. The van der Waals surface area contributed by atoms with Gasteiger partial charge in [-0.15, -0.1) is 0 Å². The average molecular weight is 416 g/mol. The predicted molar refractivity (Wildman–Crippen MR) is 106 cm³/mol. The third-order valence-electron chi connectivity index (χ3n) is 4.46. The van der Waals surface area contributed by atoms with Crippen LogP contribution >= 0.6 is 11.6 Å². The van der Waals surface area contributed by atoms with Crippen LogP contribution in [0.25, 0.3) is 21.5 Å². The monoisotopic (exact) mass is 415 g/mol. The molecule has 6 nitrogen and oxygen atoms in total. The van der Waals surface area contributed by atoms with Gasteiger partial charge >= 0.3 is 5.97 Å². The lowest BCUT2D eigenvalue weighted by Gasteiger charge is -2.12. The number of carbonyl (C=O) groups is 1. The van der Waals surface area contributed by atoms with Crippen molar-refractivity contribution in [1.82, 2.24) is 4.72 Å². The minimum absolute atomic E-state index is 0.0171. The highest BCUT2D eigenvalue weighted by molar-refractivity contribution is 7.89. The van der Waals surface area contributed by atoms with Crippen LogP contribution in [0.5, 0.6) is 0 Å². The zero-order valence-corrected chi connectivity index (χ0v) is 15.9. The van der Waals surface area contributed by atoms with Crippen LogP contribution in [0, 0.1) is 0 Å². The molecule has 1 aromatic heterocycles. The van der Waals surface area contributed by atoms with E-state index in [0.717, 1.165) is 0 Å². The van der Waals surface area contributed by atoms with Gasteiger partial charge in [0.1, 0.15) is 5.76 Å². The third-order valence-corrected chi connectivity index (χ3v) is 6.25. The first kappa shape index (κ1) is 18.5. The molecule has 0 amide bonds. The lowest BCUT2D eigenvalue weighted by atomic mass is 9.99. The smallest absolute Gasteiger partial charge is 0.336 e. The van der Waals surface area contributed by atoms with Crippen molar-refractivity contribution in [3.63, 3.8) is 0 Å². The highest BCUT2D eigenvalue weighted by atomic mass is 35.5. The van der Waals surface area contributed by atoms with Gasteiger partial charge in [0.15, 0.2) is 0 Å². The third kappa shape index (κ3) is 3.24. The highest BCUT2D eigenvalue weighted by Gasteiger charge is 2.19. The van der Waals surface area contributed by atoms with Gasteiger partial charge in [-0.05, 0) is 53.2 Å². The van der Waals surface area contributed by atoms with Crippen LogP contribution in [-0.2, 0) is 16.6 Å². The summed E-state index contributed by atoms with van der Waals surface area (Å²) in [5.41, 5.74) is 0.102. The van der Waals surface area contributed by atoms with E-state index >= 15 is 0 Å². The van der Waals surface area contributed by atoms with Crippen molar-refractivity contribution < 1.29 is 22.7 Å². The van der Waals surface area contributed by atoms with Crippen LogP contribution in [-0.4, -0.2) is 19.5 Å². The molecular weight excluding hydrogens is 402 g/mol. The summed E-state index contributed by atoms with van der Waals surface area (Å²) >= 11 is 6.26. The number of furan rings is 1. The average Bonchev–Trinajstić information content (AvgIpc) is 3.18. The highest BCUT2D eigenvalue weighted by Crippen LogP contribution is 2.33. The summed E-state index contributed by atoms with van der Waals surface area (Å²) in [5.74, 6) is -0.590. The number of carboxylic acid groups (broad SMARTS) is 1. The van der Waals surface area contributed by atoms with E-state index in [1.54, 1.807) is 36.4 Å². The van der Waals surface area contributed by atoms with Crippen molar-refractivity contribution in [1.29, 1.82) is 0 Å². The van der Waals surface area contributed by atoms with E-state index in [2.05, 4.69) is 4.72 Å². The number of nitrogens with one attached hydrogen (secondary N) is 1. The number of hydrogen-bond donors (Lipinski definition) is 2. The number of aromatic carboxylic acids is 1. The zero-order chi connectivity index (χ0) is 19.9. The van der Waals surface area contributed by atoms with Crippen molar-refractivity contribution in [3.05, 3.63) is 77.2 Å². The molecule has 0 saturated heterocycles. The SMILES string of the molecule is O=C(O)c1ccc(Cl)c2cc3c(S(=O)(=O)NCc4ccco4)cccc3cc12. The predicted octanol–water partition coefficient (Wildman–Crippen LogP) is 4.42. The van der Waals surface area contributed by atoms with Crippen LogP contribution in [0.1, 0.15) is 16.1 Å². The number of carboxylic acids is 1. The summed E-state index contributed by atoms with van der Waals surface area (Å²) in [6.45, 7) is 0.0171. The molecule has 4 aromatic rings. The maximum absolute atomic E-state index is 12.9. The summed E-state index contributed by atoms with van der Waals surface area (Å²) in [5, 5.41) is 11.7. The van der Waals surface area contributed by atoms with Crippen molar-refractivity contribution in [3.8, 4) is 0 Å². The van der Waals surface area contributed by atoms with Gasteiger partial charge in [-0.1, -0.05) is 23.7 Å². The Labute approximate surface area is 165 Å². The quantitative estimate of drug-likeness (QED) is 0.470. The molecule has 0 fully saturated rings. The standard InChI is InChI=1S/C20H14ClNO5S/c21-18-7-6-14(20(23)24)16-9-12-3-1-5-19(15(12)10-17(16)18)28(25,26)22-11-13-4-2-8-27-13/h1-10,22H,11H2,(H,23,24). The Hall–Kier alpha value is -2.87. The maximum atomic E-state index is 12.9. The van der Waals surface area contributed by atoms with Gasteiger partial charge in [0.25, 0.3) is 0 Å². The van der Waals surface area contributed by atoms with E-state index in [1.165, 1.54) is 24.5 Å². The Balaban J connectivity index is 1.89. The number of rotatable bonds is 5. The Morgan fingerprint density at radius 2 is 1.86 bits per heavy atom. The molecule has 0 saturated carbocycles. The minimum Gasteiger partial charge on any atom is -0.478 e. The second-order valence-corrected chi connectivity index (χ2v) is 8.32. The van der Waals surface area contributed by atoms with Gasteiger partial charge in [-0.25, -0.2) is 17.9 Å². The first-order valence-corrected chi connectivity index (χ1v) is 10.1. The molecular formula is C20H14ClNO5S. The number of sulfonamides is 1. The molecule has 3 aromatic carbocycles. The van der Waals surface area contributed by atoms with Crippen molar-refractivity contribution >= 4 is 49.1 Å². The number of fused-ring (bicyclic) bond motifs is 2. The summed E-state index contributed by atoms with van der Waals surface area (Å²) in [6, 6.07) is 14.4. The fourth-order valence-corrected chi connectivity index (χ4v) is 4.56.